The number of aryl methyl sites for hydroxylation is 4. The molecule has 146 valence electrons. The van der Waals surface area contributed by atoms with Gasteiger partial charge in [0.25, 0.3) is 11.5 Å². The molecule has 0 atom stereocenters. The van der Waals surface area contributed by atoms with Crippen LogP contribution in [0.3, 0.4) is 0 Å². The first-order valence-corrected chi connectivity index (χ1v) is 9.28. The summed E-state index contributed by atoms with van der Waals surface area (Å²) < 4.78 is 7.29. The number of pyridine rings is 1. The number of carbonyl (C=O) groups excluding carboxylic acids is 2. The third-order valence-electron chi connectivity index (χ3n) is 5.51. The average Bonchev–Trinajstić information content (AvgIpc) is 3.12. The highest BCUT2D eigenvalue weighted by Crippen LogP contribution is 2.29. The Morgan fingerprint density at radius 1 is 1.21 bits per heavy atom. The van der Waals surface area contributed by atoms with Crippen molar-refractivity contribution in [3.05, 3.63) is 49.8 Å². The summed E-state index contributed by atoms with van der Waals surface area (Å²) in [6.45, 7) is 5.66. The predicted molar refractivity (Wildman–Crippen MR) is 103 cm³/mol. The molecule has 28 heavy (non-hydrogen) atoms. The summed E-state index contributed by atoms with van der Waals surface area (Å²) in [7, 11) is 1.74. The quantitative estimate of drug-likeness (QED) is 0.722. The number of Topliss-reactive ketones (excluding diaryl/α,β-unsaturated/α-hetero) is 1. The number of H-pyrrole nitrogens is 1. The van der Waals surface area contributed by atoms with Gasteiger partial charge in [0.15, 0.2) is 17.2 Å². The number of hydrogen-bond donors (Lipinski definition) is 2. The molecule has 0 aliphatic heterocycles. The van der Waals surface area contributed by atoms with E-state index < -0.39 is 0 Å². The van der Waals surface area contributed by atoms with Crippen LogP contribution in [-0.2, 0) is 20.0 Å². The topological polar surface area (TPSA) is 110 Å². The van der Waals surface area contributed by atoms with Crippen molar-refractivity contribution in [2.45, 2.75) is 46.6 Å². The molecule has 0 fully saturated rings. The van der Waals surface area contributed by atoms with Crippen LogP contribution in [0.4, 0.5) is 0 Å². The Morgan fingerprint density at radius 3 is 2.68 bits per heavy atom. The summed E-state index contributed by atoms with van der Waals surface area (Å²) in [4.78, 5) is 41.5. The van der Waals surface area contributed by atoms with Crippen molar-refractivity contribution in [1.29, 1.82) is 0 Å². The highest BCUT2D eigenvalue weighted by Gasteiger charge is 2.28. The number of fused-ring (bicyclic) bond motifs is 2. The summed E-state index contributed by atoms with van der Waals surface area (Å²) in [6.07, 6.45) is 1.91. The third-order valence-corrected chi connectivity index (χ3v) is 5.51. The summed E-state index contributed by atoms with van der Waals surface area (Å²) >= 11 is 0. The number of furan rings is 1. The van der Waals surface area contributed by atoms with E-state index in [1.54, 1.807) is 18.7 Å². The standard InChI is InChI=1S/C20H22N4O4/c1-9-12(11(3)22-18-16(9)19(26)23-24(18)4)8-21-20(27)17-10(2)15-13(25)6-5-7-14(15)28-17/h5-8H2,1-4H3,(H,21,27)(H,23,26). The molecule has 0 unspecified atom stereocenters. The number of hydrogen-bond acceptors (Lipinski definition) is 5. The van der Waals surface area contributed by atoms with Crippen molar-refractivity contribution >= 4 is 22.7 Å². The number of rotatable bonds is 3. The van der Waals surface area contributed by atoms with Gasteiger partial charge in [-0.25, -0.2) is 4.98 Å². The van der Waals surface area contributed by atoms with Gasteiger partial charge in [0.05, 0.1) is 10.9 Å². The Labute approximate surface area is 160 Å². The lowest BCUT2D eigenvalue weighted by molar-refractivity contribution is 0.0917. The van der Waals surface area contributed by atoms with E-state index in [-0.39, 0.29) is 29.6 Å². The summed E-state index contributed by atoms with van der Waals surface area (Å²) in [5, 5.41) is 6.08. The summed E-state index contributed by atoms with van der Waals surface area (Å²) in [5.41, 5.74) is 3.86. The number of aromatic amines is 1. The first kappa shape index (κ1) is 18.2. The van der Waals surface area contributed by atoms with Crippen LogP contribution in [0.2, 0.25) is 0 Å². The SMILES string of the molecule is Cc1nc2c(c(C)c1CNC(=O)c1oc3c(c1C)C(=O)CCC3)c(=O)[nH]n2C. The van der Waals surface area contributed by atoms with Gasteiger partial charge in [-0.15, -0.1) is 0 Å². The maximum Gasteiger partial charge on any atom is 0.287 e. The second-order valence-electron chi connectivity index (χ2n) is 7.31. The molecule has 0 aromatic carbocycles. The number of carbonyl (C=O) groups is 2. The van der Waals surface area contributed by atoms with Crippen LogP contribution in [0.5, 0.6) is 0 Å². The van der Waals surface area contributed by atoms with Crippen molar-refractivity contribution in [3.8, 4) is 0 Å². The molecule has 8 nitrogen and oxygen atoms in total. The highest BCUT2D eigenvalue weighted by molar-refractivity contribution is 6.03. The molecule has 0 saturated heterocycles. The monoisotopic (exact) mass is 382 g/mol. The molecular formula is C20H22N4O4. The molecule has 3 aromatic rings. The zero-order valence-electron chi connectivity index (χ0n) is 16.4. The fourth-order valence-corrected chi connectivity index (χ4v) is 4.02. The molecule has 0 bridgehead atoms. The fraction of sp³-hybridized carbons (Fsp3) is 0.400. The normalized spacial score (nSPS) is 13.8. The van der Waals surface area contributed by atoms with Gasteiger partial charge in [0.1, 0.15) is 5.76 Å². The van der Waals surface area contributed by atoms with Crippen LogP contribution in [-0.4, -0.2) is 26.5 Å². The van der Waals surface area contributed by atoms with E-state index in [2.05, 4.69) is 15.4 Å². The number of nitrogens with zero attached hydrogens (tertiary/aromatic N) is 2. The lowest BCUT2D eigenvalue weighted by Gasteiger charge is -2.11. The van der Waals surface area contributed by atoms with Gasteiger partial charge in [-0.05, 0) is 38.3 Å². The molecule has 3 heterocycles. The first-order valence-electron chi connectivity index (χ1n) is 9.28. The van der Waals surface area contributed by atoms with Crippen LogP contribution in [0, 0.1) is 20.8 Å². The Bertz CT molecular complexity index is 1200. The minimum atomic E-state index is -0.374. The Hall–Kier alpha value is -3.16. The molecule has 1 amide bonds. The second kappa shape index (κ2) is 6.47. The van der Waals surface area contributed by atoms with Crippen LogP contribution in [0.1, 0.15) is 61.9 Å². The van der Waals surface area contributed by atoms with E-state index in [9.17, 15) is 14.4 Å². The van der Waals surface area contributed by atoms with Crippen LogP contribution in [0.15, 0.2) is 9.21 Å². The van der Waals surface area contributed by atoms with Crippen molar-refractivity contribution in [2.24, 2.45) is 7.05 Å². The molecule has 3 aromatic heterocycles. The molecule has 0 spiro atoms. The van der Waals surface area contributed by atoms with Crippen molar-refractivity contribution in [1.82, 2.24) is 20.1 Å². The third kappa shape index (κ3) is 2.67. The molecule has 0 saturated carbocycles. The number of aromatic nitrogens is 3. The smallest absolute Gasteiger partial charge is 0.287 e. The van der Waals surface area contributed by atoms with Crippen LogP contribution >= 0.6 is 0 Å². The molecule has 1 aliphatic carbocycles. The Kier molecular flexibility index (Phi) is 4.21. The van der Waals surface area contributed by atoms with E-state index >= 15 is 0 Å². The summed E-state index contributed by atoms with van der Waals surface area (Å²) in [6, 6.07) is 0. The number of ketones is 1. The molecule has 8 heteroatoms. The van der Waals surface area contributed by atoms with Gasteiger partial charge in [0, 0.05) is 37.7 Å². The highest BCUT2D eigenvalue weighted by atomic mass is 16.4. The lowest BCUT2D eigenvalue weighted by atomic mass is 9.94. The van der Waals surface area contributed by atoms with Gasteiger partial charge >= 0.3 is 0 Å². The first-order chi connectivity index (χ1) is 13.3. The van der Waals surface area contributed by atoms with Crippen molar-refractivity contribution in [3.63, 3.8) is 0 Å². The Balaban J connectivity index is 1.64. The second-order valence-corrected chi connectivity index (χ2v) is 7.31. The average molecular weight is 382 g/mol. The van der Waals surface area contributed by atoms with Crippen LogP contribution < -0.4 is 10.9 Å². The molecule has 0 radical (unpaired) electrons. The van der Waals surface area contributed by atoms with Crippen molar-refractivity contribution < 1.29 is 14.0 Å². The van der Waals surface area contributed by atoms with E-state index in [0.29, 0.717) is 40.8 Å². The van der Waals surface area contributed by atoms with Gasteiger partial charge < -0.3 is 9.73 Å². The van der Waals surface area contributed by atoms with Gasteiger partial charge in [-0.3, -0.25) is 24.2 Å². The van der Waals surface area contributed by atoms with E-state index in [1.807, 2.05) is 13.8 Å². The van der Waals surface area contributed by atoms with Gasteiger partial charge in [0.2, 0.25) is 0 Å². The maximum atomic E-state index is 12.7. The zero-order valence-corrected chi connectivity index (χ0v) is 16.4. The fourth-order valence-electron chi connectivity index (χ4n) is 4.02. The maximum absolute atomic E-state index is 12.7. The minimum absolute atomic E-state index is 0.0335. The number of nitrogens with one attached hydrogen (secondary N) is 2. The lowest BCUT2D eigenvalue weighted by Crippen LogP contribution is -2.24. The molecule has 4 rings (SSSR count). The van der Waals surface area contributed by atoms with E-state index in [1.165, 1.54) is 0 Å². The Morgan fingerprint density at radius 2 is 1.96 bits per heavy atom. The predicted octanol–water partition coefficient (Wildman–Crippen LogP) is 2.23. The minimum Gasteiger partial charge on any atom is -0.455 e. The van der Waals surface area contributed by atoms with Gasteiger partial charge in [-0.1, -0.05) is 0 Å². The molecule has 2 N–H and O–H groups in total. The van der Waals surface area contributed by atoms with Crippen LogP contribution in [0.25, 0.3) is 11.0 Å². The van der Waals surface area contributed by atoms with E-state index in [0.717, 1.165) is 23.2 Å². The van der Waals surface area contributed by atoms with E-state index in [4.69, 9.17) is 4.42 Å². The summed E-state index contributed by atoms with van der Waals surface area (Å²) in [5.74, 6) is 0.444. The zero-order chi connectivity index (χ0) is 20.2. The number of amides is 1. The molecule has 1 aliphatic rings. The largest absolute Gasteiger partial charge is 0.455 e. The van der Waals surface area contributed by atoms with Gasteiger partial charge in [-0.2, -0.15) is 0 Å². The molecular weight excluding hydrogens is 360 g/mol. The van der Waals surface area contributed by atoms with Crippen molar-refractivity contribution in [2.75, 3.05) is 0 Å².